The van der Waals surface area contributed by atoms with Crippen molar-refractivity contribution in [2.45, 2.75) is 5.06 Å². The van der Waals surface area contributed by atoms with Crippen LogP contribution in [0.2, 0.25) is 0 Å². The van der Waals surface area contributed by atoms with Gasteiger partial charge in [0.25, 0.3) is 11.0 Å². The lowest BCUT2D eigenvalue weighted by Gasteiger charge is -1.98. The smallest absolute Gasteiger partial charge is 0.285 e. The summed E-state index contributed by atoms with van der Waals surface area (Å²) in [6.07, 6.45) is 0. The minimum Gasteiger partial charge on any atom is -0.440 e. The van der Waals surface area contributed by atoms with Crippen LogP contribution in [-0.2, 0) is 9.80 Å². The van der Waals surface area contributed by atoms with Crippen molar-refractivity contribution in [3.63, 3.8) is 0 Å². The second-order valence-corrected chi connectivity index (χ2v) is 4.35. The number of aliphatic imine (C=N–C) groups is 1. The molecule has 0 saturated carbocycles. The number of nitrogens with zero attached hydrogens (tertiary/aromatic N) is 1. The van der Waals surface area contributed by atoms with E-state index in [-0.39, 0.29) is 0 Å². The highest BCUT2D eigenvalue weighted by molar-refractivity contribution is 6.39. The molecule has 1 aliphatic rings. The van der Waals surface area contributed by atoms with Crippen molar-refractivity contribution in [2.24, 2.45) is 4.99 Å². The lowest BCUT2D eigenvalue weighted by atomic mass is 10.1. The monoisotopic (exact) mass is 243 g/mol. The zero-order valence-corrected chi connectivity index (χ0v) is 9.76. The molecular formula is C14H10ClNO. The van der Waals surface area contributed by atoms with E-state index in [0.717, 1.165) is 11.3 Å². The number of alkyl halides is 1. The van der Waals surface area contributed by atoms with E-state index in [1.165, 1.54) is 0 Å². The standard InChI is InChI=1S/C14H10ClNO/c15-14(11-7-3-1-4-8-11)13(17-14)16-12-9-5-2-6-10-12/h1-10H. The maximum atomic E-state index is 6.33. The van der Waals surface area contributed by atoms with Gasteiger partial charge in [-0.1, -0.05) is 60.1 Å². The molecule has 1 unspecified atom stereocenters. The van der Waals surface area contributed by atoms with Crippen molar-refractivity contribution in [1.82, 2.24) is 0 Å². The summed E-state index contributed by atoms with van der Waals surface area (Å²) in [6.45, 7) is 0. The third kappa shape index (κ3) is 1.92. The topological polar surface area (TPSA) is 24.9 Å². The van der Waals surface area contributed by atoms with Crippen LogP contribution in [-0.4, -0.2) is 5.90 Å². The van der Waals surface area contributed by atoms with Gasteiger partial charge in [0.2, 0.25) is 0 Å². The molecule has 0 N–H and O–H groups in total. The van der Waals surface area contributed by atoms with Crippen molar-refractivity contribution in [1.29, 1.82) is 0 Å². The summed E-state index contributed by atoms with van der Waals surface area (Å²) in [5.74, 6) is 0.552. The van der Waals surface area contributed by atoms with Crippen LogP contribution < -0.4 is 0 Å². The maximum absolute atomic E-state index is 6.33. The first-order valence-corrected chi connectivity index (χ1v) is 5.74. The third-order valence-electron chi connectivity index (χ3n) is 2.60. The SMILES string of the molecule is ClC1(c2ccccc2)OC1=Nc1ccccc1. The Bertz CT molecular complexity index is 553. The van der Waals surface area contributed by atoms with E-state index in [2.05, 4.69) is 4.99 Å². The number of hydrogen-bond acceptors (Lipinski definition) is 2. The Morgan fingerprint density at radius 1 is 0.882 bits per heavy atom. The molecule has 0 bridgehead atoms. The van der Waals surface area contributed by atoms with Gasteiger partial charge in [0.1, 0.15) is 0 Å². The average molecular weight is 244 g/mol. The van der Waals surface area contributed by atoms with E-state index >= 15 is 0 Å². The number of para-hydroxylation sites is 1. The fraction of sp³-hybridized carbons (Fsp3) is 0.0714. The molecular weight excluding hydrogens is 234 g/mol. The van der Waals surface area contributed by atoms with Crippen LogP contribution in [0.15, 0.2) is 65.7 Å². The van der Waals surface area contributed by atoms with Crippen molar-refractivity contribution in [3.05, 3.63) is 66.2 Å². The molecule has 0 radical (unpaired) electrons. The van der Waals surface area contributed by atoms with E-state index in [9.17, 15) is 0 Å². The van der Waals surface area contributed by atoms with Crippen LogP contribution in [0.25, 0.3) is 0 Å². The van der Waals surface area contributed by atoms with Gasteiger partial charge < -0.3 is 4.74 Å². The molecule has 0 aliphatic carbocycles. The number of halogens is 1. The van der Waals surface area contributed by atoms with E-state index in [0.29, 0.717) is 5.90 Å². The second-order valence-electron chi connectivity index (χ2n) is 3.82. The third-order valence-corrected chi connectivity index (χ3v) is 3.06. The van der Waals surface area contributed by atoms with Gasteiger partial charge in [-0.05, 0) is 12.1 Å². The Morgan fingerprint density at radius 2 is 1.47 bits per heavy atom. The molecule has 0 amide bonds. The predicted octanol–water partition coefficient (Wildman–Crippen LogP) is 3.84. The van der Waals surface area contributed by atoms with Gasteiger partial charge in [-0.25, -0.2) is 4.99 Å². The fourth-order valence-electron chi connectivity index (χ4n) is 1.66. The Labute approximate surface area is 105 Å². The predicted molar refractivity (Wildman–Crippen MR) is 68.6 cm³/mol. The lowest BCUT2D eigenvalue weighted by molar-refractivity contribution is 0.418. The Kier molecular flexibility index (Phi) is 2.37. The molecule has 1 fully saturated rings. The van der Waals surface area contributed by atoms with Gasteiger partial charge in [-0.15, -0.1) is 0 Å². The summed E-state index contributed by atoms with van der Waals surface area (Å²) in [5, 5.41) is -0.864. The minimum atomic E-state index is -0.864. The van der Waals surface area contributed by atoms with Crippen molar-refractivity contribution in [2.75, 3.05) is 0 Å². The summed E-state index contributed by atoms with van der Waals surface area (Å²) >= 11 is 6.33. The first-order valence-electron chi connectivity index (χ1n) is 5.37. The molecule has 1 atom stereocenters. The molecule has 0 aromatic heterocycles. The summed E-state index contributed by atoms with van der Waals surface area (Å²) in [5.41, 5.74) is 1.76. The molecule has 17 heavy (non-hydrogen) atoms. The first kappa shape index (κ1) is 10.4. The van der Waals surface area contributed by atoms with Crippen LogP contribution in [0.1, 0.15) is 5.56 Å². The quantitative estimate of drug-likeness (QED) is 0.581. The largest absolute Gasteiger partial charge is 0.440 e. The molecule has 1 aliphatic heterocycles. The minimum absolute atomic E-state index is 0.552. The van der Waals surface area contributed by atoms with Crippen LogP contribution in [0.3, 0.4) is 0 Å². The van der Waals surface area contributed by atoms with Gasteiger partial charge >= 0.3 is 0 Å². The molecule has 1 heterocycles. The van der Waals surface area contributed by atoms with Gasteiger partial charge in [-0.3, -0.25) is 0 Å². The number of ether oxygens (including phenoxy) is 1. The Morgan fingerprint density at radius 3 is 2.12 bits per heavy atom. The van der Waals surface area contributed by atoms with Gasteiger partial charge in [-0.2, -0.15) is 0 Å². The van der Waals surface area contributed by atoms with E-state index in [1.807, 2.05) is 60.7 Å². The van der Waals surface area contributed by atoms with Crippen LogP contribution in [0.5, 0.6) is 0 Å². The zero-order chi connectivity index (χ0) is 11.7. The Balaban J connectivity index is 1.89. The highest BCUT2D eigenvalue weighted by atomic mass is 35.5. The number of rotatable bonds is 2. The van der Waals surface area contributed by atoms with Gasteiger partial charge in [0, 0.05) is 5.56 Å². The highest BCUT2D eigenvalue weighted by Crippen LogP contribution is 2.46. The summed E-state index contributed by atoms with van der Waals surface area (Å²) in [7, 11) is 0. The number of hydrogen-bond donors (Lipinski definition) is 0. The number of benzene rings is 2. The summed E-state index contributed by atoms with van der Waals surface area (Å²) < 4.78 is 5.41. The van der Waals surface area contributed by atoms with Crippen molar-refractivity contribution < 1.29 is 4.74 Å². The molecule has 1 saturated heterocycles. The normalized spacial score (nSPS) is 24.4. The molecule has 84 valence electrons. The maximum Gasteiger partial charge on any atom is 0.285 e. The van der Waals surface area contributed by atoms with Crippen LogP contribution in [0.4, 0.5) is 5.69 Å². The van der Waals surface area contributed by atoms with E-state index < -0.39 is 5.06 Å². The second kappa shape index (κ2) is 3.90. The molecule has 3 heteroatoms. The summed E-state index contributed by atoms with van der Waals surface area (Å²) in [4.78, 5) is 4.36. The molecule has 2 nitrogen and oxygen atoms in total. The van der Waals surface area contributed by atoms with Crippen LogP contribution in [0, 0.1) is 0 Å². The van der Waals surface area contributed by atoms with Gasteiger partial charge in [0.05, 0.1) is 5.69 Å². The first-order chi connectivity index (χ1) is 8.29. The lowest BCUT2D eigenvalue weighted by Crippen LogP contribution is -1.99. The average Bonchev–Trinajstić information content (AvgIpc) is 3.04. The molecule has 3 rings (SSSR count). The van der Waals surface area contributed by atoms with Crippen molar-refractivity contribution >= 4 is 23.2 Å². The van der Waals surface area contributed by atoms with E-state index in [1.54, 1.807) is 0 Å². The van der Waals surface area contributed by atoms with E-state index in [4.69, 9.17) is 16.3 Å². The van der Waals surface area contributed by atoms with Crippen LogP contribution >= 0.6 is 11.6 Å². The fourth-order valence-corrected chi connectivity index (χ4v) is 1.90. The summed E-state index contributed by atoms with van der Waals surface area (Å²) in [6, 6.07) is 19.3. The number of epoxide rings is 1. The molecule has 2 aromatic rings. The van der Waals surface area contributed by atoms with Crippen molar-refractivity contribution in [3.8, 4) is 0 Å². The molecule has 2 aromatic carbocycles. The highest BCUT2D eigenvalue weighted by Gasteiger charge is 2.55. The zero-order valence-electron chi connectivity index (χ0n) is 9.01. The Hall–Kier alpha value is -1.80. The van der Waals surface area contributed by atoms with Gasteiger partial charge in [0.15, 0.2) is 0 Å². The molecule has 0 spiro atoms.